The number of aliphatic imine (C=N–C) groups is 1. The quantitative estimate of drug-likeness (QED) is 0.197. The van der Waals surface area contributed by atoms with Crippen LogP contribution in [0.3, 0.4) is 0 Å². The number of esters is 1. The number of nitrogens with one attached hydrogen (secondary N) is 3. The molecule has 1 amide bonds. The van der Waals surface area contributed by atoms with E-state index in [-0.39, 0.29) is 48.4 Å². The molecule has 1 unspecified atom stereocenters. The number of nitrogens with zero attached hydrogens (tertiary/aromatic N) is 2. The van der Waals surface area contributed by atoms with Crippen molar-refractivity contribution in [2.45, 2.75) is 40.2 Å². The number of hydrogen-bond donors (Lipinski definition) is 3. The van der Waals surface area contributed by atoms with E-state index in [4.69, 9.17) is 4.74 Å². The maximum Gasteiger partial charge on any atom is 0.350 e. The summed E-state index contributed by atoms with van der Waals surface area (Å²) in [7, 11) is 1.63. The van der Waals surface area contributed by atoms with Crippen molar-refractivity contribution in [1.82, 2.24) is 15.6 Å². The minimum atomic E-state index is -0.364. The van der Waals surface area contributed by atoms with Crippen LogP contribution in [-0.2, 0) is 16.0 Å². The molecule has 0 aliphatic rings. The molecule has 1 aromatic heterocycles. The molecular weight excluding hydrogens is 529 g/mol. The molecule has 3 N–H and O–H groups in total. The van der Waals surface area contributed by atoms with Gasteiger partial charge in [-0.1, -0.05) is 19.1 Å². The fourth-order valence-corrected chi connectivity index (χ4v) is 3.65. The highest BCUT2D eigenvalue weighted by molar-refractivity contribution is 14.0. The Kier molecular flexibility index (Phi) is 11.5. The highest BCUT2D eigenvalue weighted by atomic mass is 127. The number of aryl methyl sites for hydroxylation is 2. The second-order valence-electron chi connectivity index (χ2n) is 6.58. The van der Waals surface area contributed by atoms with Gasteiger partial charge in [-0.2, -0.15) is 0 Å². The molecule has 0 aliphatic heterocycles. The van der Waals surface area contributed by atoms with Gasteiger partial charge in [-0.05, 0) is 44.9 Å². The number of rotatable bonds is 8. The fourth-order valence-electron chi connectivity index (χ4n) is 2.69. The predicted octanol–water partition coefficient (Wildman–Crippen LogP) is 3.67. The summed E-state index contributed by atoms with van der Waals surface area (Å²) < 4.78 is 5.06. The van der Waals surface area contributed by atoms with E-state index in [0.717, 1.165) is 22.7 Å². The third-order valence-electron chi connectivity index (χ3n) is 4.26. The van der Waals surface area contributed by atoms with Crippen LogP contribution < -0.4 is 16.0 Å². The summed E-state index contributed by atoms with van der Waals surface area (Å²) >= 11 is 1.29. The summed E-state index contributed by atoms with van der Waals surface area (Å²) in [5.41, 5.74) is 2.56. The van der Waals surface area contributed by atoms with E-state index in [1.807, 2.05) is 31.2 Å². The van der Waals surface area contributed by atoms with Crippen molar-refractivity contribution in [3.05, 3.63) is 45.4 Å². The van der Waals surface area contributed by atoms with Crippen molar-refractivity contribution >= 4 is 58.8 Å². The van der Waals surface area contributed by atoms with E-state index in [1.54, 1.807) is 20.9 Å². The van der Waals surface area contributed by atoms with Crippen LogP contribution in [0.5, 0.6) is 0 Å². The Balaban J connectivity index is 0.00000480. The first kappa shape index (κ1) is 26.8. The molecule has 2 aromatic rings. The maximum atomic E-state index is 12.3. The molecule has 0 radical (unpaired) electrons. The highest BCUT2D eigenvalue weighted by Gasteiger charge is 2.20. The SMILES string of the molecule is CCOC(=O)c1sc(C(C)NC(=NC)NCC(=O)Nc2cccc(CC)c2)nc1C.I. The first-order valence-electron chi connectivity index (χ1n) is 9.88. The van der Waals surface area contributed by atoms with Crippen molar-refractivity contribution in [3.8, 4) is 0 Å². The molecule has 0 bridgehead atoms. The minimum Gasteiger partial charge on any atom is -0.462 e. The van der Waals surface area contributed by atoms with Crippen molar-refractivity contribution in [2.24, 2.45) is 4.99 Å². The van der Waals surface area contributed by atoms with Gasteiger partial charge in [-0.3, -0.25) is 9.79 Å². The van der Waals surface area contributed by atoms with Crippen molar-refractivity contribution < 1.29 is 14.3 Å². The highest BCUT2D eigenvalue weighted by Crippen LogP contribution is 2.24. The molecule has 1 heterocycles. The predicted molar refractivity (Wildman–Crippen MR) is 136 cm³/mol. The summed E-state index contributed by atoms with van der Waals surface area (Å²) in [6.45, 7) is 7.92. The van der Waals surface area contributed by atoms with Crippen LogP contribution in [0.4, 0.5) is 5.69 Å². The van der Waals surface area contributed by atoms with E-state index in [2.05, 4.69) is 32.9 Å². The largest absolute Gasteiger partial charge is 0.462 e. The third-order valence-corrected chi connectivity index (χ3v) is 5.58. The van der Waals surface area contributed by atoms with Gasteiger partial charge >= 0.3 is 5.97 Å². The minimum absolute atomic E-state index is 0. The van der Waals surface area contributed by atoms with E-state index >= 15 is 0 Å². The molecule has 10 heteroatoms. The Labute approximate surface area is 204 Å². The topological polar surface area (TPSA) is 105 Å². The molecular formula is C21H30IN5O3S. The number of anilines is 1. The van der Waals surface area contributed by atoms with Crippen LogP contribution in [0.2, 0.25) is 0 Å². The number of halogens is 1. The lowest BCUT2D eigenvalue weighted by atomic mass is 10.1. The molecule has 0 aliphatic carbocycles. The second-order valence-corrected chi connectivity index (χ2v) is 7.61. The monoisotopic (exact) mass is 559 g/mol. The summed E-state index contributed by atoms with van der Waals surface area (Å²) in [5.74, 6) is -0.0729. The van der Waals surface area contributed by atoms with Gasteiger partial charge in [0.1, 0.15) is 9.88 Å². The van der Waals surface area contributed by atoms with Gasteiger partial charge < -0.3 is 20.7 Å². The maximum absolute atomic E-state index is 12.3. The van der Waals surface area contributed by atoms with Gasteiger partial charge in [0, 0.05) is 12.7 Å². The third kappa shape index (κ3) is 8.09. The molecule has 31 heavy (non-hydrogen) atoms. The number of carbonyl (C=O) groups excluding carboxylic acids is 2. The van der Waals surface area contributed by atoms with Gasteiger partial charge in [0.25, 0.3) is 0 Å². The Morgan fingerprint density at radius 1 is 1.29 bits per heavy atom. The summed E-state index contributed by atoms with van der Waals surface area (Å²) in [4.78, 5) is 33.4. The van der Waals surface area contributed by atoms with Crippen LogP contribution in [0.1, 0.15) is 52.7 Å². The lowest BCUT2D eigenvalue weighted by Crippen LogP contribution is -2.42. The molecule has 0 saturated heterocycles. The molecule has 0 fully saturated rings. The van der Waals surface area contributed by atoms with Crippen molar-refractivity contribution in [3.63, 3.8) is 0 Å². The zero-order valence-corrected chi connectivity index (χ0v) is 21.6. The van der Waals surface area contributed by atoms with Gasteiger partial charge in [0.2, 0.25) is 5.91 Å². The Morgan fingerprint density at radius 3 is 2.68 bits per heavy atom. The number of guanidine groups is 1. The number of carbonyl (C=O) groups is 2. The molecule has 0 spiro atoms. The Morgan fingerprint density at radius 2 is 2.03 bits per heavy atom. The van der Waals surface area contributed by atoms with Crippen LogP contribution in [-0.4, -0.2) is 43.0 Å². The average Bonchev–Trinajstić information content (AvgIpc) is 3.13. The number of thiazole rings is 1. The lowest BCUT2D eigenvalue weighted by molar-refractivity contribution is -0.115. The van der Waals surface area contributed by atoms with Crippen molar-refractivity contribution in [2.75, 3.05) is 25.5 Å². The second kappa shape index (κ2) is 13.3. The molecule has 1 atom stereocenters. The number of hydrogen-bond acceptors (Lipinski definition) is 6. The van der Waals surface area contributed by atoms with Gasteiger partial charge in [-0.25, -0.2) is 9.78 Å². The number of benzene rings is 1. The van der Waals surface area contributed by atoms with E-state index in [1.165, 1.54) is 11.3 Å². The van der Waals surface area contributed by atoms with Crippen molar-refractivity contribution in [1.29, 1.82) is 0 Å². The van der Waals surface area contributed by atoms with E-state index in [9.17, 15) is 9.59 Å². The molecule has 170 valence electrons. The zero-order chi connectivity index (χ0) is 22.1. The molecule has 2 rings (SSSR count). The van der Waals surface area contributed by atoms with Gasteiger partial charge in [0.15, 0.2) is 5.96 Å². The van der Waals surface area contributed by atoms with Crippen LogP contribution in [0.25, 0.3) is 0 Å². The molecule has 8 nitrogen and oxygen atoms in total. The molecule has 0 saturated carbocycles. The van der Waals surface area contributed by atoms with Crippen LogP contribution in [0, 0.1) is 6.92 Å². The van der Waals surface area contributed by atoms with Crippen LogP contribution in [0.15, 0.2) is 29.3 Å². The first-order valence-corrected chi connectivity index (χ1v) is 10.7. The van der Waals surface area contributed by atoms with E-state index < -0.39 is 0 Å². The Hall–Kier alpha value is -2.21. The smallest absolute Gasteiger partial charge is 0.350 e. The van der Waals surface area contributed by atoms with Gasteiger partial charge in [-0.15, -0.1) is 35.3 Å². The Bertz CT molecular complexity index is 916. The van der Waals surface area contributed by atoms with Crippen LogP contribution >= 0.6 is 35.3 Å². The number of amides is 1. The number of ether oxygens (including phenoxy) is 1. The molecule has 1 aromatic carbocycles. The van der Waals surface area contributed by atoms with Gasteiger partial charge in [0.05, 0.1) is 24.9 Å². The normalized spacial score (nSPS) is 11.8. The summed E-state index contributed by atoms with van der Waals surface area (Å²) in [5, 5.41) is 9.79. The average molecular weight is 559 g/mol. The van der Waals surface area contributed by atoms with E-state index in [0.29, 0.717) is 23.1 Å². The fraction of sp³-hybridized carbons (Fsp3) is 0.429. The standard InChI is InChI=1S/C21H29N5O3S.HI/c1-6-15-9-8-10-16(11-15)26-17(27)12-23-21(22-5)25-14(4)19-24-13(3)18(30-19)20(28)29-7-2;/h8-11,14H,6-7,12H2,1-5H3,(H,26,27)(H2,22,23,25);1H. The lowest BCUT2D eigenvalue weighted by Gasteiger charge is -2.16. The summed E-state index contributed by atoms with van der Waals surface area (Å²) in [6, 6.07) is 7.56. The summed E-state index contributed by atoms with van der Waals surface area (Å²) in [6.07, 6.45) is 0.907. The number of aromatic nitrogens is 1. The zero-order valence-electron chi connectivity index (χ0n) is 18.4. The first-order chi connectivity index (χ1) is 14.4.